The Labute approximate surface area is 201 Å². The highest BCUT2D eigenvalue weighted by Gasteiger charge is 2.56. The van der Waals surface area contributed by atoms with E-state index in [9.17, 15) is 14.4 Å². The van der Waals surface area contributed by atoms with Gasteiger partial charge in [0.15, 0.2) is 0 Å². The predicted octanol–water partition coefficient (Wildman–Crippen LogP) is 2.03. The fraction of sp³-hybridized carbons (Fsp3) is 0.654. The van der Waals surface area contributed by atoms with Gasteiger partial charge in [-0.25, -0.2) is 4.79 Å². The number of nitrogens with one attached hydrogen (secondary N) is 1. The first-order chi connectivity index (χ1) is 16.6. The van der Waals surface area contributed by atoms with E-state index in [-0.39, 0.29) is 29.9 Å². The molecule has 4 fully saturated rings. The second-order valence-electron chi connectivity index (χ2n) is 10.2. The Morgan fingerprint density at radius 1 is 0.971 bits per heavy atom. The number of hydrogen-bond acceptors (Lipinski definition) is 5. The average Bonchev–Trinajstić information content (AvgIpc) is 3.62. The number of nitrogens with zero attached hydrogens (tertiary/aromatic N) is 3. The zero-order valence-corrected chi connectivity index (χ0v) is 19.9. The lowest BCUT2D eigenvalue weighted by Gasteiger charge is -2.41. The number of benzene rings is 1. The van der Waals surface area contributed by atoms with Gasteiger partial charge in [0.2, 0.25) is 0 Å². The van der Waals surface area contributed by atoms with Gasteiger partial charge >= 0.3 is 6.03 Å². The van der Waals surface area contributed by atoms with Gasteiger partial charge in [-0.1, -0.05) is 30.3 Å². The maximum absolute atomic E-state index is 13.9. The lowest BCUT2D eigenvalue weighted by molar-refractivity contribution is -0.143. The molecule has 0 aliphatic carbocycles. The van der Waals surface area contributed by atoms with Crippen molar-refractivity contribution in [3.05, 3.63) is 35.9 Å². The molecule has 4 aliphatic rings. The molecule has 0 bridgehead atoms. The number of carbonyl (C=O) groups excluding carboxylic acids is 3. The minimum Gasteiger partial charge on any atom is -0.368 e. The van der Waals surface area contributed by atoms with E-state index < -0.39 is 5.54 Å². The van der Waals surface area contributed by atoms with Crippen LogP contribution in [0.1, 0.15) is 44.1 Å². The van der Waals surface area contributed by atoms with E-state index in [0.717, 1.165) is 38.0 Å². The minimum absolute atomic E-state index is 0.0190. The van der Waals surface area contributed by atoms with E-state index in [1.165, 1.54) is 17.7 Å². The molecule has 4 aliphatic heterocycles. The lowest BCUT2D eigenvalue weighted by atomic mass is 9.74. The summed E-state index contributed by atoms with van der Waals surface area (Å²) in [5.41, 5.74) is 0.0815. The van der Waals surface area contributed by atoms with E-state index in [1.54, 1.807) is 0 Å². The van der Waals surface area contributed by atoms with E-state index in [0.29, 0.717) is 45.5 Å². The molecule has 0 unspecified atom stereocenters. The highest BCUT2D eigenvalue weighted by atomic mass is 16.5. The summed E-state index contributed by atoms with van der Waals surface area (Å²) >= 11 is 0. The van der Waals surface area contributed by atoms with E-state index in [4.69, 9.17) is 4.74 Å². The Bertz CT molecular complexity index is 889. The van der Waals surface area contributed by atoms with E-state index in [2.05, 4.69) is 10.2 Å². The molecule has 4 amide bonds. The molecule has 0 aromatic heterocycles. The summed E-state index contributed by atoms with van der Waals surface area (Å²) in [7, 11) is 0. The second-order valence-corrected chi connectivity index (χ2v) is 10.2. The number of hydrogen-bond donors (Lipinski definition) is 1. The zero-order valence-electron chi connectivity index (χ0n) is 19.9. The third kappa shape index (κ3) is 4.58. The number of piperidine rings is 1. The maximum atomic E-state index is 13.9. The molecule has 0 spiro atoms. The molecule has 8 heteroatoms. The number of imide groups is 1. The van der Waals surface area contributed by atoms with Crippen molar-refractivity contribution in [3.8, 4) is 0 Å². The van der Waals surface area contributed by atoms with Crippen molar-refractivity contribution in [2.75, 3.05) is 45.9 Å². The van der Waals surface area contributed by atoms with Crippen LogP contribution in [0.15, 0.2) is 30.3 Å². The molecule has 0 radical (unpaired) electrons. The van der Waals surface area contributed by atoms with Crippen LogP contribution in [0.3, 0.4) is 0 Å². The highest BCUT2D eigenvalue weighted by Crippen LogP contribution is 2.37. The second kappa shape index (κ2) is 10.0. The van der Waals surface area contributed by atoms with Crippen LogP contribution in [-0.2, 0) is 20.7 Å². The fourth-order valence-electron chi connectivity index (χ4n) is 6.12. The first-order valence-corrected chi connectivity index (χ1v) is 12.9. The SMILES string of the molecule is O=C([C@H]1CCCO1)N1CCC([C@@]2(Cc3ccccc3)NC(=O)N(CCN3CCCC3)C2=O)CC1. The Morgan fingerprint density at radius 3 is 2.38 bits per heavy atom. The molecule has 0 saturated carbocycles. The molecule has 8 nitrogen and oxygen atoms in total. The molecule has 1 aromatic rings. The standard InChI is InChI=1S/C26H36N4O4/c31-23(22-9-6-18-34-22)29-14-10-21(11-15-29)26(19-20-7-2-1-3-8-20)24(32)30(25(33)27-26)17-16-28-12-4-5-13-28/h1-3,7-8,21-22H,4-6,9-19H2,(H,27,33)/t22-,26-/m1/s1. The zero-order chi connectivity index (χ0) is 23.5. The summed E-state index contributed by atoms with van der Waals surface area (Å²) in [6.45, 7) is 5.08. The Kier molecular flexibility index (Phi) is 6.88. The molecular weight excluding hydrogens is 432 g/mol. The Morgan fingerprint density at radius 2 is 1.71 bits per heavy atom. The van der Waals surface area contributed by atoms with Gasteiger partial charge in [0.25, 0.3) is 11.8 Å². The number of amides is 4. The van der Waals surface area contributed by atoms with Crippen LogP contribution in [0.2, 0.25) is 0 Å². The highest BCUT2D eigenvalue weighted by molar-refractivity contribution is 6.07. The molecule has 1 aromatic carbocycles. The van der Waals surface area contributed by atoms with Crippen LogP contribution < -0.4 is 5.32 Å². The maximum Gasteiger partial charge on any atom is 0.325 e. The molecule has 5 rings (SSSR count). The third-order valence-electron chi connectivity index (χ3n) is 8.07. The van der Waals surface area contributed by atoms with Gasteiger partial charge in [0, 0.05) is 39.2 Å². The molecule has 2 atom stereocenters. The van der Waals surface area contributed by atoms with Crippen molar-refractivity contribution in [1.82, 2.24) is 20.0 Å². The minimum atomic E-state index is -0.956. The molecular formula is C26H36N4O4. The predicted molar refractivity (Wildman–Crippen MR) is 127 cm³/mol. The molecule has 34 heavy (non-hydrogen) atoms. The van der Waals surface area contributed by atoms with Gasteiger partial charge in [-0.3, -0.25) is 14.5 Å². The summed E-state index contributed by atoms with van der Waals surface area (Å²) < 4.78 is 5.59. The lowest BCUT2D eigenvalue weighted by Crippen LogP contribution is -2.58. The number of urea groups is 1. The monoisotopic (exact) mass is 468 g/mol. The van der Waals surface area contributed by atoms with Crippen LogP contribution in [-0.4, -0.2) is 90.1 Å². The normalized spacial score (nSPS) is 28.6. The average molecular weight is 469 g/mol. The molecule has 1 N–H and O–H groups in total. The van der Waals surface area contributed by atoms with Gasteiger partial charge in [-0.05, 0) is 63.1 Å². The van der Waals surface area contributed by atoms with Crippen molar-refractivity contribution in [3.63, 3.8) is 0 Å². The summed E-state index contributed by atoms with van der Waals surface area (Å²) in [6.07, 6.45) is 5.63. The van der Waals surface area contributed by atoms with Crippen LogP contribution in [0.25, 0.3) is 0 Å². The fourth-order valence-corrected chi connectivity index (χ4v) is 6.12. The van der Waals surface area contributed by atoms with Gasteiger partial charge in [0.05, 0.1) is 0 Å². The van der Waals surface area contributed by atoms with Crippen molar-refractivity contribution in [2.24, 2.45) is 5.92 Å². The van der Waals surface area contributed by atoms with Crippen molar-refractivity contribution < 1.29 is 19.1 Å². The van der Waals surface area contributed by atoms with Crippen molar-refractivity contribution in [2.45, 2.75) is 56.6 Å². The quantitative estimate of drug-likeness (QED) is 0.620. The van der Waals surface area contributed by atoms with E-state index in [1.807, 2.05) is 35.2 Å². The molecule has 4 saturated heterocycles. The number of ether oxygens (including phenoxy) is 1. The summed E-state index contributed by atoms with van der Waals surface area (Å²) in [5, 5.41) is 3.15. The third-order valence-corrected chi connectivity index (χ3v) is 8.07. The Hall–Kier alpha value is -2.45. The summed E-state index contributed by atoms with van der Waals surface area (Å²) in [4.78, 5) is 45.4. The van der Waals surface area contributed by atoms with Gasteiger partial charge in [-0.15, -0.1) is 0 Å². The summed E-state index contributed by atoms with van der Waals surface area (Å²) in [5.74, 6) is -0.0546. The van der Waals surface area contributed by atoms with Gasteiger partial charge < -0.3 is 19.9 Å². The Balaban J connectivity index is 1.31. The van der Waals surface area contributed by atoms with Crippen LogP contribution in [0, 0.1) is 5.92 Å². The molecule has 184 valence electrons. The van der Waals surface area contributed by atoms with Gasteiger partial charge in [-0.2, -0.15) is 0 Å². The summed E-state index contributed by atoms with van der Waals surface area (Å²) in [6, 6.07) is 9.66. The largest absolute Gasteiger partial charge is 0.368 e. The topological polar surface area (TPSA) is 82.2 Å². The van der Waals surface area contributed by atoms with Crippen LogP contribution in [0.5, 0.6) is 0 Å². The first kappa shape index (κ1) is 23.3. The molecule has 4 heterocycles. The van der Waals surface area contributed by atoms with Crippen molar-refractivity contribution in [1.29, 1.82) is 0 Å². The number of rotatable bonds is 7. The van der Waals surface area contributed by atoms with Crippen molar-refractivity contribution >= 4 is 17.8 Å². The smallest absolute Gasteiger partial charge is 0.325 e. The van der Waals surface area contributed by atoms with Crippen LogP contribution in [0.4, 0.5) is 4.79 Å². The first-order valence-electron chi connectivity index (χ1n) is 12.9. The number of carbonyl (C=O) groups is 3. The number of likely N-dealkylation sites (tertiary alicyclic amines) is 2. The van der Waals surface area contributed by atoms with E-state index >= 15 is 0 Å². The van der Waals surface area contributed by atoms with Gasteiger partial charge in [0.1, 0.15) is 11.6 Å². The van der Waals surface area contributed by atoms with Crippen LogP contribution >= 0.6 is 0 Å².